The van der Waals surface area contributed by atoms with Crippen LogP contribution < -0.4 is 0 Å². The van der Waals surface area contributed by atoms with E-state index in [1.54, 1.807) is 12.1 Å². The van der Waals surface area contributed by atoms with Gasteiger partial charge < -0.3 is 15.3 Å². The second-order valence-corrected chi connectivity index (χ2v) is 3.60. The Morgan fingerprint density at radius 3 is 2.71 bits per heavy atom. The molecule has 0 amide bonds. The molecule has 0 aromatic heterocycles. The number of benzene rings is 1. The minimum Gasteiger partial charge on any atom is -0.507 e. The Bertz CT molecular complexity index is 351. The summed E-state index contributed by atoms with van der Waals surface area (Å²) in [6.45, 7) is 0. The Morgan fingerprint density at radius 1 is 1.50 bits per heavy atom. The van der Waals surface area contributed by atoms with Crippen molar-refractivity contribution in [1.29, 1.82) is 0 Å². The van der Waals surface area contributed by atoms with Gasteiger partial charge in [-0.1, -0.05) is 12.1 Å². The summed E-state index contributed by atoms with van der Waals surface area (Å²) in [6, 6.07) is 4.70. The number of carboxylic acid groups (broad SMARTS) is 1. The lowest BCUT2D eigenvalue weighted by atomic mass is 10.1. The molecule has 0 heterocycles. The van der Waals surface area contributed by atoms with E-state index in [1.807, 2.05) is 0 Å². The van der Waals surface area contributed by atoms with Gasteiger partial charge in [-0.3, -0.25) is 0 Å². The van der Waals surface area contributed by atoms with Crippen LogP contribution in [0.15, 0.2) is 22.7 Å². The predicted molar refractivity (Wildman–Crippen MR) is 53.2 cm³/mol. The third kappa shape index (κ3) is 2.46. The lowest BCUT2D eigenvalue weighted by Gasteiger charge is -2.08. The summed E-state index contributed by atoms with van der Waals surface area (Å²) < 4.78 is 0.417. The van der Waals surface area contributed by atoms with Crippen molar-refractivity contribution in [1.82, 2.24) is 0 Å². The number of carboxylic acids is 1. The molecule has 0 aliphatic carbocycles. The van der Waals surface area contributed by atoms with Crippen molar-refractivity contribution >= 4 is 21.9 Å². The quantitative estimate of drug-likeness (QED) is 0.762. The number of phenolic OH excluding ortho intramolecular Hbond substituents is 1. The highest BCUT2D eigenvalue weighted by Gasteiger charge is 2.16. The normalized spacial score (nSPS) is 12.4. The number of aromatic hydroxyl groups is 1. The van der Waals surface area contributed by atoms with Gasteiger partial charge in [-0.15, -0.1) is 0 Å². The molecular formula is C9H9BrO4. The van der Waals surface area contributed by atoms with Crippen LogP contribution >= 0.6 is 15.9 Å². The summed E-state index contributed by atoms with van der Waals surface area (Å²) in [5.41, 5.74) is 0.555. The Kier molecular flexibility index (Phi) is 3.49. The van der Waals surface area contributed by atoms with E-state index in [1.165, 1.54) is 6.07 Å². The van der Waals surface area contributed by atoms with Crippen molar-refractivity contribution in [3.05, 3.63) is 28.2 Å². The number of aliphatic carboxylic acids is 1. The van der Waals surface area contributed by atoms with E-state index in [2.05, 4.69) is 15.9 Å². The van der Waals surface area contributed by atoms with Gasteiger partial charge in [0.2, 0.25) is 0 Å². The molecule has 0 radical (unpaired) electrons. The van der Waals surface area contributed by atoms with Gasteiger partial charge >= 0.3 is 5.97 Å². The number of hydrogen-bond acceptors (Lipinski definition) is 3. The molecule has 14 heavy (non-hydrogen) atoms. The van der Waals surface area contributed by atoms with Gasteiger partial charge in [-0.05, 0) is 27.6 Å². The van der Waals surface area contributed by atoms with Crippen LogP contribution in [0.3, 0.4) is 0 Å². The van der Waals surface area contributed by atoms with Gasteiger partial charge in [-0.25, -0.2) is 4.79 Å². The monoisotopic (exact) mass is 260 g/mol. The second-order valence-electron chi connectivity index (χ2n) is 2.81. The first kappa shape index (κ1) is 11.0. The molecule has 3 N–H and O–H groups in total. The van der Waals surface area contributed by atoms with E-state index in [0.717, 1.165) is 0 Å². The SMILES string of the molecule is O=C(O)C(O)Cc1cccc(O)c1Br. The van der Waals surface area contributed by atoms with E-state index < -0.39 is 12.1 Å². The number of halogens is 1. The molecule has 0 aliphatic rings. The molecule has 0 spiro atoms. The molecule has 76 valence electrons. The number of phenols is 1. The van der Waals surface area contributed by atoms with Crippen LogP contribution in [0.25, 0.3) is 0 Å². The van der Waals surface area contributed by atoms with Crippen molar-refractivity contribution in [2.45, 2.75) is 12.5 Å². The molecule has 1 aromatic rings. The summed E-state index contributed by atoms with van der Waals surface area (Å²) in [5.74, 6) is -1.25. The molecule has 0 saturated heterocycles. The molecule has 1 aromatic carbocycles. The first-order valence-electron chi connectivity index (χ1n) is 3.89. The van der Waals surface area contributed by atoms with Gasteiger partial charge in [0.25, 0.3) is 0 Å². The van der Waals surface area contributed by atoms with E-state index in [0.29, 0.717) is 10.0 Å². The summed E-state index contributed by atoms with van der Waals surface area (Å²) in [5, 5.41) is 26.8. The molecule has 4 nitrogen and oxygen atoms in total. The number of aliphatic hydroxyl groups is 1. The van der Waals surface area contributed by atoms with E-state index in [-0.39, 0.29) is 12.2 Å². The smallest absolute Gasteiger partial charge is 0.332 e. The highest BCUT2D eigenvalue weighted by atomic mass is 79.9. The average molecular weight is 261 g/mol. The first-order valence-corrected chi connectivity index (χ1v) is 4.69. The third-order valence-electron chi connectivity index (χ3n) is 1.76. The van der Waals surface area contributed by atoms with Crippen molar-refractivity contribution in [2.24, 2.45) is 0 Å². The van der Waals surface area contributed by atoms with Crippen LogP contribution in [0, 0.1) is 0 Å². The lowest BCUT2D eigenvalue weighted by Crippen LogP contribution is -2.22. The zero-order valence-corrected chi connectivity index (χ0v) is 8.73. The van der Waals surface area contributed by atoms with Gasteiger partial charge in [0.1, 0.15) is 5.75 Å². The standard InChI is InChI=1S/C9H9BrO4/c10-8-5(2-1-3-6(8)11)4-7(12)9(13)14/h1-3,7,11-12H,4H2,(H,13,14). The van der Waals surface area contributed by atoms with Crippen LogP contribution in [-0.4, -0.2) is 27.4 Å². The molecular weight excluding hydrogens is 252 g/mol. The van der Waals surface area contributed by atoms with Crippen molar-refractivity contribution < 1.29 is 20.1 Å². The molecule has 0 fully saturated rings. The summed E-state index contributed by atoms with van der Waals surface area (Å²) in [4.78, 5) is 10.4. The molecule has 1 rings (SSSR count). The van der Waals surface area contributed by atoms with E-state index in [4.69, 9.17) is 10.2 Å². The summed E-state index contributed by atoms with van der Waals surface area (Å²) in [7, 11) is 0. The maximum Gasteiger partial charge on any atom is 0.332 e. The fourth-order valence-electron chi connectivity index (χ4n) is 1.02. The minimum absolute atomic E-state index is 0.0279. The third-order valence-corrected chi connectivity index (χ3v) is 2.67. The van der Waals surface area contributed by atoms with Crippen LogP contribution in [0.5, 0.6) is 5.75 Å². The van der Waals surface area contributed by atoms with Crippen molar-refractivity contribution in [3.63, 3.8) is 0 Å². The average Bonchev–Trinajstić information content (AvgIpc) is 2.12. The first-order chi connectivity index (χ1) is 6.52. The molecule has 0 bridgehead atoms. The topological polar surface area (TPSA) is 77.8 Å². The van der Waals surface area contributed by atoms with Gasteiger partial charge in [-0.2, -0.15) is 0 Å². The second kappa shape index (κ2) is 4.43. The van der Waals surface area contributed by atoms with Gasteiger partial charge in [0.15, 0.2) is 6.10 Å². The summed E-state index contributed by atoms with van der Waals surface area (Å²) >= 11 is 3.10. The number of rotatable bonds is 3. The zero-order valence-electron chi connectivity index (χ0n) is 7.14. The highest BCUT2D eigenvalue weighted by molar-refractivity contribution is 9.10. The number of carbonyl (C=O) groups is 1. The summed E-state index contributed by atoms with van der Waals surface area (Å²) in [6.07, 6.45) is -1.49. The van der Waals surface area contributed by atoms with Crippen LogP contribution in [0.4, 0.5) is 0 Å². The van der Waals surface area contributed by atoms with Crippen molar-refractivity contribution in [2.75, 3.05) is 0 Å². The zero-order chi connectivity index (χ0) is 10.7. The molecule has 0 saturated carbocycles. The Labute approximate surface area is 88.9 Å². The fourth-order valence-corrected chi connectivity index (χ4v) is 1.45. The van der Waals surface area contributed by atoms with E-state index in [9.17, 15) is 9.90 Å². The Hall–Kier alpha value is -1.07. The predicted octanol–water partition coefficient (Wildman–Crippen LogP) is 1.14. The maximum atomic E-state index is 10.4. The lowest BCUT2D eigenvalue weighted by molar-refractivity contribution is -0.146. The number of aliphatic hydroxyl groups excluding tert-OH is 1. The Morgan fingerprint density at radius 2 is 2.14 bits per heavy atom. The van der Waals surface area contributed by atoms with Crippen LogP contribution in [0.2, 0.25) is 0 Å². The van der Waals surface area contributed by atoms with Gasteiger partial charge in [0.05, 0.1) is 4.47 Å². The van der Waals surface area contributed by atoms with Crippen LogP contribution in [0.1, 0.15) is 5.56 Å². The minimum atomic E-state index is -1.45. The highest BCUT2D eigenvalue weighted by Crippen LogP contribution is 2.27. The van der Waals surface area contributed by atoms with Crippen molar-refractivity contribution in [3.8, 4) is 5.75 Å². The van der Waals surface area contributed by atoms with Gasteiger partial charge in [0, 0.05) is 6.42 Å². The molecule has 5 heteroatoms. The maximum absolute atomic E-state index is 10.4. The fraction of sp³-hybridized carbons (Fsp3) is 0.222. The largest absolute Gasteiger partial charge is 0.507 e. The Balaban J connectivity index is 2.87. The molecule has 0 aliphatic heterocycles. The molecule has 1 atom stereocenters. The van der Waals surface area contributed by atoms with Crippen LogP contribution in [-0.2, 0) is 11.2 Å². The number of hydrogen-bond donors (Lipinski definition) is 3. The van der Waals surface area contributed by atoms with E-state index >= 15 is 0 Å². The molecule has 1 unspecified atom stereocenters.